The summed E-state index contributed by atoms with van der Waals surface area (Å²) in [4.78, 5) is 17.5. The van der Waals surface area contributed by atoms with Crippen LogP contribution in [0, 0.1) is 5.82 Å². The van der Waals surface area contributed by atoms with Crippen molar-refractivity contribution in [2.24, 2.45) is 0 Å². The average molecular weight is 348 g/mol. The number of halogens is 1. The highest BCUT2D eigenvalue weighted by Crippen LogP contribution is 2.19. The molecule has 0 bridgehead atoms. The normalized spacial score (nSPS) is 15.6. The van der Waals surface area contributed by atoms with Gasteiger partial charge in [-0.3, -0.25) is 14.4 Å². The van der Waals surface area contributed by atoms with E-state index in [1.807, 2.05) is 21.8 Å². The maximum atomic E-state index is 12.9. The summed E-state index contributed by atoms with van der Waals surface area (Å²) in [6.45, 7) is 5.15. The quantitative estimate of drug-likeness (QED) is 0.749. The van der Waals surface area contributed by atoms with Crippen molar-refractivity contribution >= 4 is 17.7 Å². The van der Waals surface area contributed by atoms with E-state index in [2.05, 4.69) is 10.00 Å². The highest BCUT2D eigenvalue weighted by Gasteiger charge is 2.20. The van der Waals surface area contributed by atoms with Crippen LogP contribution in [0.2, 0.25) is 0 Å². The molecule has 128 valence electrons. The first-order chi connectivity index (χ1) is 11.7. The van der Waals surface area contributed by atoms with Gasteiger partial charge in [-0.1, -0.05) is 0 Å². The van der Waals surface area contributed by atoms with Crippen LogP contribution >= 0.6 is 11.8 Å². The summed E-state index contributed by atoms with van der Waals surface area (Å²) in [5.74, 6) is 0.298. The molecule has 2 aromatic rings. The fourth-order valence-corrected chi connectivity index (χ4v) is 3.47. The van der Waals surface area contributed by atoms with Crippen LogP contribution < -0.4 is 0 Å². The Labute approximate surface area is 145 Å². The Bertz CT molecular complexity index is 639. The molecule has 1 aliphatic heterocycles. The molecule has 1 aromatic carbocycles. The SMILES string of the molecule is O=C(CSc1ccc(F)cc1)N1CCN(CCn2cccn2)CC1. The summed E-state index contributed by atoms with van der Waals surface area (Å²) in [6.07, 6.45) is 3.75. The molecular formula is C17H21FN4OS. The summed E-state index contributed by atoms with van der Waals surface area (Å²) in [5.41, 5.74) is 0. The molecule has 24 heavy (non-hydrogen) atoms. The molecule has 2 heterocycles. The molecule has 1 amide bonds. The molecule has 1 aromatic heterocycles. The van der Waals surface area contributed by atoms with Crippen molar-refractivity contribution in [3.63, 3.8) is 0 Å². The Morgan fingerprint density at radius 2 is 1.88 bits per heavy atom. The van der Waals surface area contributed by atoms with E-state index >= 15 is 0 Å². The van der Waals surface area contributed by atoms with Crippen molar-refractivity contribution in [1.29, 1.82) is 0 Å². The molecule has 0 saturated carbocycles. The van der Waals surface area contributed by atoms with Crippen LogP contribution in [0.1, 0.15) is 0 Å². The lowest BCUT2D eigenvalue weighted by Crippen LogP contribution is -2.49. The number of thioether (sulfide) groups is 1. The van der Waals surface area contributed by atoms with Crippen LogP contribution in [-0.4, -0.2) is 64.0 Å². The standard InChI is InChI=1S/C17H21FN4OS/c18-15-2-4-16(5-3-15)24-14-17(23)21-11-8-20(9-12-21)10-13-22-7-1-6-19-22/h1-7H,8-14H2. The summed E-state index contributed by atoms with van der Waals surface area (Å²) >= 11 is 1.46. The van der Waals surface area contributed by atoms with Gasteiger partial charge in [-0.25, -0.2) is 4.39 Å². The Balaban J connectivity index is 1.37. The van der Waals surface area contributed by atoms with Gasteiger partial charge in [0.15, 0.2) is 0 Å². The molecule has 7 heteroatoms. The molecular weight excluding hydrogens is 327 g/mol. The highest BCUT2D eigenvalue weighted by molar-refractivity contribution is 8.00. The Morgan fingerprint density at radius 3 is 2.54 bits per heavy atom. The zero-order chi connectivity index (χ0) is 16.8. The maximum absolute atomic E-state index is 12.9. The second-order valence-corrected chi connectivity index (χ2v) is 6.78. The molecule has 0 radical (unpaired) electrons. The van der Waals surface area contributed by atoms with Gasteiger partial charge in [-0.15, -0.1) is 11.8 Å². The van der Waals surface area contributed by atoms with Crippen LogP contribution in [0.5, 0.6) is 0 Å². The number of hydrogen-bond donors (Lipinski definition) is 0. The molecule has 0 aliphatic carbocycles. The zero-order valence-corrected chi connectivity index (χ0v) is 14.3. The Kier molecular flexibility index (Phi) is 5.87. The number of benzene rings is 1. The minimum absolute atomic E-state index is 0.149. The monoisotopic (exact) mass is 348 g/mol. The van der Waals surface area contributed by atoms with Gasteiger partial charge in [0.2, 0.25) is 5.91 Å². The second kappa shape index (κ2) is 8.30. The van der Waals surface area contributed by atoms with E-state index in [1.165, 1.54) is 23.9 Å². The summed E-state index contributed by atoms with van der Waals surface area (Å²) < 4.78 is 14.8. The lowest BCUT2D eigenvalue weighted by molar-refractivity contribution is -0.130. The zero-order valence-electron chi connectivity index (χ0n) is 13.5. The van der Waals surface area contributed by atoms with E-state index in [0.717, 1.165) is 44.2 Å². The Morgan fingerprint density at radius 1 is 1.12 bits per heavy atom. The van der Waals surface area contributed by atoms with E-state index in [-0.39, 0.29) is 11.7 Å². The van der Waals surface area contributed by atoms with Crippen LogP contribution in [0.3, 0.4) is 0 Å². The lowest BCUT2D eigenvalue weighted by atomic mass is 10.3. The van der Waals surface area contributed by atoms with E-state index < -0.39 is 0 Å². The number of aromatic nitrogens is 2. The lowest BCUT2D eigenvalue weighted by Gasteiger charge is -2.34. The van der Waals surface area contributed by atoms with Gasteiger partial charge in [0.1, 0.15) is 5.82 Å². The van der Waals surface area contributed by atoms with Gasteiger partial charge < -0.3 is 4.90 Å². The van der Waals surface area contributed by atoms with Gasteiger partial charge >= 0.3 is 0 Å². The number of hydrogen-bond acceptors (Lipinski definition) is 4. The number of nitrogens with zero attached hydrogens (tertiary/aromatic N) is 4. The molecule has 1 aliphatic rings. The third-order valence-electron chi connectivity index (χ3n) is 4.11. The van der Waals surface area contributed by atoms with Crippen molar-refractivity contribution in [3.8, 4) is 0 Å². The molecule has 3 rings (SSSR count). The van der Waals surface area contributed by atoms with Crippen molar-refractivity contribution in [2.45, 2.75) is 11.4 Å². The topological polar surface area (TPSA) is 41.4 Å². The molecule has 1 fully saturated rings. The first kappa shape index (κ1) is 17.0. The number of amides is 1. The van der Waals surface area contributed by atoms with Crippen LogP contribution in [0.25, 0.3) is 0 Å². The number of carbonyl (C=O) groups excluding carboxylic acids is 1. The molecule has 0 spiro atoms. The third kappa shape index (κ3) is 4.82. The fraction of sp³-hybridized carbons (Fsp3) is 0.412. The predicted octanol–water partition coefficient (Wildman–Crippen LogP) is 1.96. The summed E-state index contributed by atoms with van der Waals surface area (Å²) in [5, 5.41) is 4.20. The maximum Gasteiger partial charge on any atom is 0.233 e. The number of rotatable bonds is 6. The highest BCUT2D eigenvalue weighted by atomic mass is 32.2. The fourth-order valence-electron chi connectivity index (χ4n) is 2.66. The van der Waals surface area contributed by atoms with Crippen LogP contribution in [0.4, 0.5) is 4.39 Å². The largest absolute Gasteiger partial charge is 0.339 e. The number of carbonyl (C=O) groups is 1. The first-order valence-corrected chi connectivity index (χ1v) is 9.05. The second-order valence-electron chi connectivity index (χ2n) is 5.73. The van der Waals surface area contributed by atoms with Crippen molar-refractivity contribution in [1.82, 2.24) is 19.6 Å². The predicted molar refractivity (Wildman–Crippen MR) is 92.4 cm³/mol. The van der Waals surface area contributed by atoms with Gasteiger partial charge in [-0.05, 0) is 30.3 Å². The summed E-state index contributed by atoms with van der Waals surface area (Å²) in [6, 6.07) is 8.19. The van der Waals surface area contributed by atoms with Gasteiger partial charge in [-0.2, -0.15) is 5.10 Å². The van der Waals surface area contributed by atoms with Crippen LogP contribution in [0.15, 0.2) is 47.6 Å². The molecule has 0 unspecified atom stereocenters. The van der Waals surface area contributed by atoms with E-state index in [4.69, 9.17) is 0 Å². The minimum atomic E-state index is -0.253. The van der Waals surface area contributed by atoms with Gasteiger partial charge in [0, 0.05) is 50.0 Å². The average Bonchev–Trinajstić information content (AvgIpc) is 3.13. The molecule has 0 N–H and O–H groups in total. The molecule has 1 saturated heterocycles. The summed E-state index contributed by atoms with van der Waals surface area (Å²) in [7, 11) is 0. The van der Waals surface area contributed by atoms with Gasteiger partial charge in [0.25, 0.3) is 0 Å². The minimum Gasteiger partial charge on any atom is -0.339 e. The number of piperazine rings is 1. The van der Waals surface area contributed by atoms with E-state index in [9.17, 15) is 9.18 Å². The van der Waals surface area contributed by atoms with E-state index in [1.54, 1.807) is 18.3 Å². The van der Waals surface area contributed by atoms with Gasteiger partial charge in [0.05, 0.1) is 12.3 Å². The van der Waals surface area contributed by atoms with Crippen molar-refractivity contribution in [2.75, 3.05) is 38.5 Å². The first-order valence-electron chi connectivity index (χ1n) is 8.06. The third-order valence-corrected chi connectivity index (χ3v) is 5.10. The molecule has 0 atom stereocenters. The van der Waals surface area contributed by atoms with Crippen molar-refractivity contribution in [3.05, 3.63) is 48.5 Å². The smallest absolute Gasteiger partial charge is 0.233 e. The van der Waals surface area contributed by atoms with Crippen molar-refractivity contribution < 1.29 is 9.18 Å². The van der Waals surface area contributed by atoms with E-state index in [0.29, 0.717) is 5.75 Å². The molecule has 5 nitrogen and oxygen atoms in total. The van der Waals surface area contributed by atoms with Crippen LogP contribution in [-0.2, 0) is 11.3 Å². The Hall–Kier alpha value is -1.86.